The summed E-state index contributed by atoms with van der Waals surface area (Å²) in [6, 6.07) is 0. The monoisotopic (exact) mass is 150 g/mol. The summed E-state index contributed by atoms with van der Waals surface area (Å²) in [4.78, 5) is 9.95. The van der Waals surface area contributed by atoms with Crippen LogP contribution in [0.3, 0.4) is 0 Å². The van der Waals surface area contributed by atoms with Crippen LogP contribution in [0.1, 0.15) is 0 Å². The Morgan fingerprint density at radius 1 is 1.70 bits per heavy atom. The highest BCUT2D eigenvalue weighted by Gasteiger charge is 2.48. The molecule has 0 saturated carbocycles. The Morgan fingerprint density at radius 3 is 2.30 bits per heavy atom. The fourth-order valence-electron chi connectivity index (χ4n) is 0.687. The lowest BCUT2D eigenvalue weighted by atomic mass is 9.96. The van der Waals surface area contributed by atoms with Gasteiger partial charge in [0.25, 0.3) is 0 Å². The highest BCUT2D eigenvalue weighted by Crippen LogP contribution is 2.23. The molecule has 0 radical (unpaired) electrons. The molecule has 1 unspecified atom stereocenters. The van der Waals surface area contributed by atoms with Gasteiger partial charge in [-0.3, -0.25) is 0 Å². The maximum atomic E-state index is 12.4. The Hall–Kier alpha value is -0.680. The second-order valence-corrected chi connectivity index (χ2v) is 2.30. The van der Waals surface area contributed by atoms with Gasteiger partial charge < -0.3 is 14.9 Å². The van der Waals surface area contributed by atoms with Crippen molar-refractivity contribution in [2.24, 2.45) is 0 Å². The smallest absolute Gasteiger partial charge is 0.341 e. The lowest BCUT2D eigenvalue weighted by molar-refractivity contribution is -0.216. The number of ether oxygens (including phenoxy) is 1. The Morgan fingerprint density at radius 2 is 2.20 bits per heavy atom. The van der Waals surface area contributed by atoms with E-state index in [2.05, 4.69) is 4.74 Å². The van der Waals surface area contributed by atoms with Gasteiger partial charge >= 0.3 is 5.97 Å². The van der Waals surface area contributed by atoms with Crippen molar-refractivity contribution in [3.63, 3.8) is 0 Å². The molecule has 0 aliphatic carbocycles. The van der Waals surface area contributed by atoms with Gasteiger partial charge in [-0.2, -0.15) is 0 Å². The summed E-state index contributed by atoms with van der Waals surface area (Å²) in [5.41, 5.74) is -1.79. The largest absolute Gasteiger partial charge is 0.479 e. The number of hydrogen-bond acceptors (Lipinski definition) is 3. The first-order valence-electron chi connectivity index (χ1n) is 2.73. The van der Waals surface area contributed by atoms with Gasteiger partial charge in [0.1, 0.15) is 0 Å². The van der Waals surface area contributed by atoms with E-state index in [9.17, 15) is 9.18 Å². The molecule has 0 spiro atoms. The minimum Gasteiger partial charge on any atom is -0.479 e. The first kappa shape index (κ1) is 7.43. The molecule has 2 N–H and O–H groups in total. The molecule has 10 heavy (non-hydrogen) atoms. The first-order valence-corrected chi connectivity index (χ1v) is 2.73. The van der Waals surface area contributed by atoms with E-state index in [0.29, 0.717) is 0 Å². The van der Waals surface area contributed by atoms with Crippen molar-refractivity contribution in [1.29, 1.82) is 0 Å². The van der Waals surface area contributed by atoms with Crippen LogP contribution in [0.5, 0.6) is 0 Å². The zero-order valence-corrected chi connectivity index (χ0v) is 5.08. The minimum atomic E-state index is -2.23. The van der Waals surface area contributed by atoms with Crippen molar-refractivity contribution in [3.05, 3.63) is 0 Å². The number of carboxylic acid groups (broad SMARTS) is 1. The van der Waals surface area contributed by atoms with Gasteiger partial charge in [-0.15, -0.1) is 0 Å². The van der Waals surface area contributed by atoms with Gasteiger partial charge in [0, 0.05) is 0 Å². The highest BCUT2D eigenvalue weighted by atomic mass is 19.1. The second-order valence-electron chi connectivity index (χ2n) is 2.30. The van der Waals surface area contributed by atoms with E-state index in [4.69, 9.17) is 10.2 Å². The normalized spacial score (nSPS) is 25.0. The van der Waals surface area contributed by atoms with Gasteiger partial charge in [-0.25, -0.2) is 9.18 Å². The molecule has 0 aromatic rings. The van der Waals surface area contributed by atoms with Crippen molar-refractivity contribution < 1.29 is 24.1 Å². The van der Waals surface area contributed by atoms with Crippen molar-refractivity contribution >= 4 is 5.97 Å². The summed E-state index contributed by atoms with van der Waals surface area (Å²) < 4.78 is 16.9. The van der Waals surface area contributed by atoms with E-state index in [1.54, 1.807) is 0 Å². The highest BCUT2D eigenvalue weighted by molar-refractivity contribution is 5.74. The molecule has 0 aromatic heterocycles. The number of aliphatic hydroxyl groups is 1. The number of halogens is 1. The van der Waals surface area contributed by atoms with E-state index in [0.717, 1.165) is 0 Å². The molecule has 1 aliphatic rings. The van der Waals surface area contributed by atoms with Gasteiger partial charge in [0.2, 0.25) is 6.17 Å². The zero-order chi connectivity index (χ0) is 7.78. The van der Waals surface area contributed by atoms with Crippen LogP contribution in [0.15, 0.2) is 0 Å². The van der Waals surface area contributed by atoms with E-state index < -0.39 is 17.7 Å². The van der Waals surface area contributed by atoms with Crippen LogP contribution in [0.2, 0.25) is 0 Å². The molecule has 0 amide bonds. The molecule has 58 valence electrons. The average molecular weight is 150 g/mol. The summed E-state index contributed by atoms with van der Waals surface area (Å²) in [6.07, 6.45) is -2.23. The Balaban J connectivity index is 2.54. The van der Waals surface area contributed by atoms with Crippen molar-refractivity contribution in [2.45, 2.75) is 11.8 Å². The predicted octanol–water partition coefficient (Wildman–Crippen LogP) is -0.830. The van der Waals surface area contributed by atoms with Gasteiger partial charge in [0.15, 0.2) is 5.60 Å². The third-order valence-corrected chi connectivity index (χ3v) is 1.39. The topological polar surface area (TPSA) is 66.8 Å². The summed E-state index contributed by atoms with van der Waals surface area (Å²) in [7, 11) is 0. The summed E-state index contributed by atoms with van der Waals surface area (Å²) >= 11 is 0. The number of aliphatic carboxylic acids is 1. The van der Waals surface area contributed by atoms with Gasteiger partial charge in [0.05, 0.1) is 13.2 Å². The molecule has 1 atom stereocenters. The molecular formula is C5H7FO4. The number of hydrogen-bond donors (Lipinski definition) is 2. The molecular weight excluding hydrogens is 143 g/mol. The molecule has 1 aliphatic heterocycles. The molecule has 1 fully saturated rings. The lowest BCUT2D eigenvalue weighted by Crippen LogP contribution is -2.59. The quantitative estimate of drug-likeness (QED) is 0.539. The molecule has 0 bridgehead atoms. The van der Waals surface area contributed by atoms with E-state index in [-0.39, 0.29) is 13.2 Å². The van der Waals surface area contributed by atoms with E-state index in [1.807, 2.05) is 0 Å². The second kappa shape index (κ2) is 2.17. The van der Waals surface area contributed by atoms with Crippen LogP contribution < -0.4 is 0 Å². The number of rotatable bonds is 2. The van der Waals surface area contributed by atoms with Crippen LogP contribution in [0, 0.1) is 0 Å². The zero-order valence-electron chi connectivity index (χ0n) is 5.08. The predicted molar refractivity (Wildman–Crippen MR) is 28.3 cm³/mol. The maximum Gasteiger partial charge on any atom is 0.341 e. The third-order valence-electron chi connectivity index (χ3n) is 1.39. The van der Waals surface area contributed by atoms with Crippen LogP contribution in [0.4, 0.5) is 4.39 Å². The maximum absolute atomic E-state index is 12.4. The molecule has 1 rings (SSSR count). The van der Waals surface area contributed by atoms with Crippen LogP contribution in [-0.2, 0) is 9.53 Å². The molecule has 1 heterocycles. The number of alkyl halides is 1. The average Bonchev–Trinajstić information content (AvgIpc) is 1.81. The van der Waals surface area contributed by atoms with Gasteiger partial charge in [-0.1, -0.05) is 0 Å². The summed E-state index contributed by atoms with van der Waals surface area (Å²) in [6.45, 7) is -0.471. The Kier molecular flexibility index (Phi) is 1.61. The third kappa shape index (κ3) is 0.975. The first-order chi connectivity index (χ1) is 4.56. The van der Waals surface area contributed by atoms with E-state index in [1.165, 1.54) is 0 Å². The fourth-order valence-corrected chi connectivity index (χ4v) is 0.687. The molecule has 5 heteroatoms. The number of carbonyl (C=O) groups is 1. The van der Waals surface area contributed by atoms with Crippen molar-refractivity contribution in [1.82, 2.24) is 0 Å². The standard InChI is InChI=1S/C5H7FO4/c6-3(4(7)8)5(9)1-10-2-5/h3,9H,1-2H2,(H,7,8). The van der Waals surface area contributed by atoms with Crippen LogP contribution in [0.25, 0.3) is 0 Å². The van der Waals surface area contributed by atoms with Crippen molar-refractivity contribution in [3.8, 4) is 0 Å². The SMILES string of the molecule is O=C(O)C(F)C1(O)COC1. The van der Waals surface area contributed by atoms with Crippen LogP contribution in [-0.4, -0.2) is 41.2 Å². The molecule has 1 saturated heterocycles. The lowest BCUT2D eigenvalue weighted by Gasteiger charge is -2.36. The van der Waals surface area contributed by atoms with Crippen LogP contribution >= 0.6 is 0 Å². The van der Waals surface area contributed by atoms with Crippen molar-refractivity contribution in [2.75, 3.05) is 13.2 Å². The molecule has 0 aromatic carbocycles. The van der Waals surface area contributed by atoms with E-state index >= 15 is 0 Å². The fraction of sp³-hybridized carbons (Fsp3) is 0.800. The summed E-state index contributed by atoms with van der Waals surface area (Å²) in [5, 5.41) is 17.1. The molecule has 4 nitrogen and oxygen atoms in total. The van der Waals surface area contributed by atoms with Gasteiger partial charge in [-0.05, 0) is 0 Å². The summed E-state index contributed by atoms with van der Waals surface area (Å²) in [5.74, 6) is -1.65. The number of carboxylic acids is 1. The minimum absolute atomic E-state index is 0.236. The Bertz CT molecular complexity index is 154. The Labute approximate surface area is 56.2 Å².